The molecule has 1 aromatic carbocycles. The number of hydrogen-bond acceptors (Lipinski definition) is 1. The topological polar surface area (TPSA) is 12.4 Å². The van der Waals surface area contributed by atoms with E-state index in [-0.39, 0.29) is 0 Å². The first-order valence-corrected chi connectivity index (χ1v) is 5.41. The second-order valence-corrected chi connectivity index (χ2v) is 4.27. The van der Waals surface area contributed by atoms with E-state index in [1.165, 1.54) is 27.5 Å². The molecule has 0 amide bonds. The summed E-state index contributed by atoms with van der Waals surface area (Å²) in [5.41, 5.74) is 4.16. The van der Waals surface area contributed by atoms with Crippen molar-refractivity contribution in [2.24, 2.45) is 4.90 Å². The van der Waals surface area contributed by atoms with Crippen LogP contribution in [0.3, 0.4) is 0 Å². The summed E-state index contributed by atoms with van der Waals surface area (Å²) in [5.74, 6) is 0. The summed E-state index contributed by atoms with van der Waals surface area (Å²) < 4.78 is 1.17. The van der Waals surface area contributed by atoms with Crippen LogP contribution in [-0.2, 0) is 13.0 Å². The average Bonchev–Trinajstić information content (AvgIpc) is 2.52. The Bertz CT molecular complexity index is 360. The van der Waals surface area contributed by atoms with E-state index in [4.69, 9.17) is 0 Å². The third kappa shape index (κ3) is 1.75. The fraction of sp³-hybridized carbons (Fsp3) is 0.400. The second-order valence-electron chi connectivity index (χ2n) is 3.35. The van der Waals surface area contributed by atoms with Gasteiger partial charge in [0.15, 0.2) is 0 Å². The number of rotatable bonds is 2. The minimum absolute atomic E-state index is 0.873. The molecule has 0 radical (unpaired) electrons. The first kappa shape index (κ1) is 9.13. The molecule has 0 N–H and O–H groups in total. The van der Waals surface area contributed by atoms with Gasteiger partial charge in [-0.05, 0) is 0 Å². The normalized spacial score (nSPS) is 12.8. The maximum atomic E-state index is 4.29. The van der Waals surface area contributed by atoms with E-state index < -0.39 is 0 Å². The molecule has 13 heavy (non-hydrogen) atoms. The van der Waals surface area contributed by atoms with Crippen LogP contribution in [0.2, 0.25) is 0 Å². The number of aryl methyl sites for hydroxylation is 1. The second kappa shape index (κ2) is 3.75. The van der Waals surface area contributed by atoms with Gasteiger partial charge in [0.25, 0.3) is 0 Å². The summed E-state index contributed by atoms with van der Waals surface area (Å²) in [6.07, 6.45) is 2.36. The molecular weight excluding hydrogens is 225 g/mol. The SMILES string of the molecule is CCCc1cc(Br)cc2c1CN=B2. The molecule has 3 heteroatoms. The van der Waals surface area contributed by atoms with E-state index in [2.05, 4.69) is 39.9 Å². The van der Waals surface area contributed by atoms with E-state index in [0.717, 1.165) is 13.0 Å². The van der Waals surface area contributed by atoms with Crippen molar-refractivity contribution in [3.8, 4) is 0 Å². The maximum absolute atomic E-state index is 4.29. The molecule has 0 saturated carbocycles. The number of fused-ring (bicyclic) bond motifs is 1. The van der Waals surface area contributed by atoms with Crippen molar-refractivity contribution < 1.29 is 0 Å². The van der Waals surface area contributed by atoms with Gasteiger partial charge in [-0.1, -0.05) is 0 Å². The summed E-state index contributed by atoms with van der Waals surface area (Å²) in [6, 6.07) is 4.36. The Balaban J connectivity index is 2.46. The van der Waals surface area contributed by atoms with Gasteiger partial charge in [-0.25, -0.2) is 0 Å². The van der Waals surface area contributed by atoms with Crippen LogP contribution in [0.1, 0.15) is 24.5 Å². The molecule has 66 valence electrons. The van der Waals surface area contributed by atoms with E-state index in [0.29, 0.717) is 0 Å². The van der Waals surface area contributed by atoms with Crippen molar-refractivity contribution in [3.63, 3.8) is 0 Å². The molecule has 1 heterocycles. The fourth-order valence-electron chi connectivity index (χ4n) is 1.75. The van der Waals surface area contributed by atoms with Gasteiger partial charge in [-0.2, -0.15) is 0 Å². The van der Waals surface area contributed by atoms with Gasteiger partial charge in [0, 0.05) is 0 Å². The fourth-order valence-corrected chi connectivity index (χ4v) is 2.27. The van der Waals surface area contributed by atoms with Crippen LogP contribution in [0.25, 0.3) is 0 Å². The molecule has 0 unspecified atom stereocenters. The number of halogens is 1. The molecule has 0 aromatic heterocycles. The van der Waals surface area contributed by atoms with Gasteiger partial charge >= 0.3 is 87.4 Å². The molecule has 2 rings (SSSR count). The molecule has 0 fully saturated rings. The summed E-state index contributed by atoms with van der Waals surface area (Å²) >= 11 is 3.52. The van der Waals surface area contributed by atoms with Crippen LogP contribution in [-0.4, -0.2) is 7.07 Å². The first-order chi connectivity index (χ1) is 6.31. The van der Waals surface area contributed by atoms with Gasteiger partial charge in [-0.15, -0.1) is 0 Å². The third-order valence-electron chi connectivity index (χ3n) is 2.34. The van der Waals surface area contributed by atoms with Crippen molar-refractivity contribution in [3.05, 3.63) is 27.7 Å². The Kier molecular flexibility index (Phi) is 2.63. The van der Waals surface area contributed by atoms with Crippen LogP contribution in [0.5, 0.6) is 0 Å². The zero-order valence-corrected chi connectivity index (χ0v) is 9.26. The van der Waals surface area contributed by atoms with E-state index in [1.54, 1.807) is 0 Å². The molecule has 1 nitrogen and oxygen atoms in total. The van der Waals surface area contributed by atoms with Crippen molar-refractivity contribution in [2.45, 2.75) is 26.3 Å². The van der Waals surface area contributed by atoms with Crippen LogP contribution in [0, 0.1) is 0 Å². The monoisotopic (exact) mass is 235 g/mol. The summed E-state index contributed by atoms with van der Waals surface area (Å²) in [6.45, 7) is 3.08. The molecule has 0 bridgehead atoms. The molecule has 1 aromatic rings. The van der Waals surface area contributed by atoms with Crippen LogP contribution < -0.4 is 5.46 Å². The van der Waals surface area contributed by atoms with E-state index in [9.17, 15) is 0 Å². The van der Waals surface area contributed by atoms with E-state index >= 15 is 0 Å². The van der Waals surface area contributed by atoms with Gasteiger partial charge in [0.05, 0.1) is 0 Å². The molecular formula is C10H11BBrN. The van der Waals surface area contributed by atoms with Gasteiger partial charge in [-0.3, -0.25) is 0 Å². The Hall–Kier alpha value is -0.435. The number of nitrogens with zero attached hydrogens (tertiary/aromatic N) is 1. The Morgan fingerprint density at radius 2 is 2.38 bits per heavy atom. The van der Waals surface area contributed by atoms with Gasteiger partial charge < -0.3 is 0 Å². The van der Waals surface area contributed by atoms with Crippen molar-refractivity contribution in [1.82, 2.24) is 0 Å². The van der Waals surface area contributed by atoms with E-state index in [1.807, 2.05) is 7.07 Å². The van der Waals surface area contributed by atoms with Crippen LogP contribution in [0.15, 0.2) is 21.5 Å². The number of hydrogen-bond donors (Lipinski definition) is 0. The first-order valence-electron chi connectivity index (χ1n) is 4.62. The third-order valence-corrected chi connectivity index (χ3v) is 2.80. The Labute approximate surface area is 87.6 Å². The molecule has 0 spiro atoms. The Morgan fingerprint density at radius 1 is 1.54 bits per heavy atom. The average molecular weight is 236 g/mol. The Morgan fingerprint density at radius 3 is 3.15 bits per heavy atom. The predicted octanol–water partition coefficient (Wildman–Crippen LogP) is 2.43. The number of benzene rings is 1. The summed E-state index contributed by atoms with van der Waals surface area (Å²) in [7, 11) is 1.97. The molecule has 0 aliphatic carbocycles. The standard InChI is InChI=1S/C10H11BBrN/c1-2-3-7-4-8(12)5-10-9(7)6-13-11-10/h4-5H,2-3,6H2,1H3. The molecule has 0 saturated heterocycles. The molecule has 1 aliphatic rings. The van der Waals surface area contributed by atoms with Gasteiger partial charge in [0.2, 0.25) is 0 Å². The van der Waals surface area contributed by atoms with Crippen LogP contribution in [0.4, 0.5) is 0 Å². The summed E-state index contributed by atoms with van der Waals surface area (Å²) in [5, 5.41) is 0. The van der Waals surface area contributed by atoms with Crippen molar-refractivity contribution in [2.75, 3.05) is 0 Å². The zero-order valence-electron chi connectivity index (χ0n) is 7.68. The van der Waals surface area contributed by atoms with Crippen LogP contribution >= 0.6 is 15.9 Å². The quantitative estimate of drug-likeness (QED) is 0.699. The summed E-state index contributed by atoms with van der Waals surface area (Å²) in [4.78, 5) is 4.29. The molecule has 0 atom stereocenters. The van der Waals surface area contributed by atoms with Crippen molar-refractivity contribution >= 4 is 28.5 Å². The predicted molar refractivity (Wildman–Crippen MR) is 59.7 cm³/mol. The molecule has 1 aliphatic heterocycles. The van der Waals surface area contributed by atoms with Gasteiger partial charge in [0.1, 0.15) is 0 Å². The minimum atomic E-state index is 0.873. The van der Waals surface area contributed by atoms with Crippen molar-refractivity contribution in [1.29, 1.82) is 0 Å². The zero-order chi connectivity index (χ0) is 9.26.